The molecule has 4 rings (SSSR count). The van der Waals surface area contributed by atoms with Gasteiger partial charge in [-0.05, 0) is 62.3 Å². The van der Waals surface area contributed by atoms with E-state index in [0.29, 0.717) is 29.3 Å². The summed E-state index contributed by atoms with van der Waals surface area (Å²) >= 11 is 0. The normalized spacial score (nSPS) is 16.5. The van der Waals surface area contributed by atoms with Crippen LogP contribution in [-0.4, -0.2) is 61.1 Å². The highest BCUT2D eigenvalue weighted by Gasteiger charge is 2.20. The zero-order valence-electron chi connectivity index (χ0n) is 19.0. The fraction of sp³-hybridized carbons (Fsp3) is 0.522. The standard InChI is InChI=1S/C23H30N8O2/c1-32-20-16-18(8-9-19(20)33-15-10-24)17-25-29-21-26-22(30-11-4-2-5-12-30)28-23(27-21)31-13-6-3-7-14-31/h8-9,16-17H,2-7,11-15H2,1H3,(H,26,27,28,29)/b25-17-. The maximum atomic E-state index is 8.71. The molecule has 2 saturated heterocycles. The second-order valence-electron chi connectivity index (χ2n) is 8.08. The Morgan fingerprint density at radius 1 is 0.970 bits per heavy atom. The average Bonchev–Trinajstić information content (AvgIpc) is 2.88. The third kappa shape index (κ3) is 6.00. The molecule has 10 nitrogen and oxygen atoms in total. The van der Waals surface area contributed by atoms with Crippen molar-refractivity contribution in [1.82, 2.24) is 15.0 Å². The molecule has 1 aromatic heterocycles. The number of ether oxygens (including phenoxy) is 2. The molecule has 2 aromatic rings. The van der Waals surface area contributed by atoms with Crippen molar-refractivity contribution in [1.29, 1.82) is 5.26 Å². The van der Waals surface area contributed by atoms with Crippen LogP contribution in [0.3, 0.4) is 0 Å². The topological polar surface area (TPSA) is 112 Å². The maximum absolute atomic E-state index is 8.71. The van der Waals surface area contributed by atoms with Gasteiger partial charge in [-0.25, -0.2) is 5.43 Å². The number of nitrogens with one attached hydrogen (secondary N) is 1. The predicted octanol–water partition coefficient (Wildman–Crippen LogP) is 3.21. The highest BCUT2D eigenvalue weighted by atomic mass is 16.5. The molecule has 0 aliphatic carbocycles. The van der Waals surface area contributed by atoms with E-state index in [2.05, 4.69) is 30.3 Å². The second-order valence-corrected chi connectivity index (χ2v) is 8.08. The smallest absolute Gasteiger partial charge is 0.250 e. The van der Waals surface area contributed by atoms with Gasteiger partial charge >= 0.3 is 0 Å². The zero-order chi connectivity index (χ0) is 22.9. The van der Waals surface area contributed by atoms with Crippen molar-refractivity contribution in [3.05, 3.63) is 23.8 Å². The number of benzene rings is 1. The van der Waals surface area contributed by atoms with Gasteiger partial charge < -0.3 is 19.3 Å². The van der Waals surface area contributed by atoms with Gasteiger partial charge in [0.1, 0.15) is 6.07 Å². The molecule has 1 aromatic carbocycles. The minimum atomic E-state index is -0.0383. The summed E-state index contributed by atoms with van der Waals surface area (Å²) in [7, 11) is 1.56. The number of methoxy groups -OCH3 is 1. The van der Waals surface area contributed by atoms with Gasteiger partial charge in [-0.15, -0.1) is 0 Å². The highest BCUT2D eigenvalue weighted by molar-refractivity contribution is 5.81. The second kappa shape index (κ2) is 11.3. The van der Waals surface area contributed by atoms with E-state index in [9.17, 15) is 0 Å². The molecule has 3 heterocycles. The van der Waals surface area contributed by atoms with Gasteiger partial charge in [0.25, 0.3) is 0 Å². The first-order valence-corrected chi connectivity index (χ1v) is 11.5. The number of aromatic nitrogens is 3. The van der Waals surface area contributed by atoms with Crippen molar-refractivity contribution >= 4 is 24.1 Å². The molecule has 0 radical (unpaired) electrons. The minimum Gasteiger partial charge on any atom is -0.493 e. The van der Waals surface area contributed by atoms with Crippen molar-refractivity contribution in [2.45, 2.75) is 38.5 Å². The Bertz CT molecular complexity index is 958. The average molecular weight is 451 g/mol. The summed E-state index contributed by atoms with van der Waals surface area (Å²) in [5.41, 5.74) is 3.79. The molecule has 174 valence electrons. The van der Waals surface area contributed by atoms with Crippen LogP contribution < -0.4 is 24.7 Å². The summed E-state index contributed by atoms with van der Waals surface area (Å²) in [6.07, 6.45) is 8.78. The molecule has 0 saturated carbocycles. The summed E-state index contributed by atoms with van der Waals surface area (Å²) in [6.45, 7) is 3.82. The number of hydrogen-bond acceptors (Lipinski definition) is 10. The fourth-order valence-corrected chi connectivity index (χ4v) is 4.03. The van der Waals surface area contributed by atoms with Crippen LogP contribution in [0.5, 0.6) is 11.5 Å². The quantitative estimate of drug-likeness (QED) is 0.478. The number of nitriles is 1. The first-order valence-electron chi connectivity index (χ1n) is 11.5. The lowest BCUT2D eigenvalue weighted by Crippen LogP contribution is -2.34. The number of nitrogens with zero attached hydrogens (tertiary/aromatic N) is 7. The SMILES string of the molecule is COc1cc(/C=N\Nc2nc(N3CCCCC3)nc(N3CCCCC3)n2)ccc1OCC#N. The van der Waals surface area contributed by atoms with Gasteiger partial charge in [-0.2, -0.15) is 25.3 Å². The molecule has 10 heteroatoms. The largest absolute Gasteiger partial charge is 0.493 e. The van der Waals surface area contributed by atoms with E-state index < -0.39 is 0 Å². The number of piperidine rings is 2. The van der Waals surface area contributed by atoms with Crippen LogP contribution in [0.25, 0.3) is 0 Å². The Morgan fingerprint density at radius 2 is 1.61 bits per heavy atom. The third-order valence-electron chi connectivity index (χ3n) is 5.75. The van der Waals surface area contributed by atoms with E-state index in [-0.39, 0.29) is 6.61 Å². The molecule has 33 heavy (non-hydrogen) atoms. The summed E-state index contributed by atoms with van der Waals surface area (Å²) in [4.78, 5) is 18.5. The lowest BCUT2D eigenvalue weighted by molar-refractivity contribution is 0.329. The van der Waals surface area contributed by atoms with Crippen LogP contribution in [0.4, 0.5) is 17.8 Å². The minimum absolute atomic E-state index is 0.0383. The molecular formula is C23H30N8O2. The van der Waals surface area contributed by atoms with Crippen molar-refractivity contribution < 1.29 is 9.47 Å². The first kappa shape index (κ1) is 22.6. The Kier molecular flexibility index (Phi) is 7.74. The molecule has 0 amide bonds. The number of hydrogen-bond donors (Lipinski definition) is 1. The molecule has 2 aliphatic rings. The summed E-state index contributed by atoms with van der Waals surface area (Å²) in [6, 6.07) is 7.34. The van der Waals surface area contributed by atoms with E-state index in [0.717, 1.165) is 57.4 Å². The lowest BCUT2D eigenvalue weighted by Gasteiger charge is -2.30. The van der Waals surface area contributed by atoms with E-state index in [1.807, 2.05) is 12.1 Å². The van der Waals surface area contributed by atoms with E-state index >= 15 is 0 Å². The molecule has 0 unspecified atom stereocenters. The molecular weight excluding hydrogens is 420 g/mol. The molecule has 0 spiro atoms. The predicted molar refractivity (Wildman–Crippen MR) is 127 cm³/mol. The summed E-state index contributed by atoms with van der Waals surface area (Å²) in [5, 5.41) is 13.0. The Balaban J connectivity index is 1.51. The van der Waals surface area contributed by atoms with Crippen LogP contribution in [0.2, 0.25) is 0 Å². The van der Waals surface area contributed by atoms with Crippen molar-refractivity contribution in [2.75, 3.05) is 55.1 Å². The third-order valence-corrected chi connectivity index (χ3v) is 5.75. The van der Waals surface area contributed by atoms with Crippen molar-refractivity contribution in [3.63, 3.8) is 0 Å². The van der Waals surface area contributed by atoms with E-state index in [4.69, 9.17) is 19.7 Å². The summed E-state index contributed by atoms with van der Waals surface area (Å²) < 4.78 is 10.7. The van der Waals surface area contributed by atoms with Gasteiger partial charge in [0.2, 0.25) is 17.8 Å². The van der Waals surface area contributed by atoms with E-state index in [1.54, 1.807) is 25.5 Å². The monoisotopic (exact) mass is 450 g/mol. The fourth-order valence-electron chi connectivity index (χ4n) is 4.03. The van der Waals surface area contributed by atoms with Crippen molar-refractivity contribution in [3.8, 4) is 17.6 Å². The number of hydrazone groups is 1. The molecule has 0 atom stereocenters. The number of anilines is 3. The van der Waals surface area contributed by atoms with Gasteiger partial charge in [0, 0.05) is 26.2 Å². The van der Waals surface area contributed by atoms with Crippen LogP contribution in [0.15, 0.2) is 23.3 Å². The Morgan fingerprint density at radius 3 is 2.18 bits per heavy atom. The van der Waals surface area contributed by atoms with Crippen LogP contribution in [0, 0.1) is 11.3 Å². The van der Waals surface area contributed by atoms with Gasteiger partial charge in [-0.3, -0.25) is 0 Å². The van der Waals surface area contributed by atoms with Crippen LogP contribution in [-0.2, 0) is 0 Å². The molecule has 2 aliphatic heterocycles. The molecule has 1 N–H and O–H groups in total. The van der Waals surface area contributed by atoms with Crippen LogP contribution >= 0.6 is 0 Å². The Hall–Kier alpha value is -3.61. The van der Waals surface area contributed by atoms with E-state index in [1.165, 1.54) is 12.8 Å². The highest BCUT2D eigenvalue weighted by Crippen LogP contribution is 2.27. The van der Waals surface area contributed by atoms with Crippen LogP contribution in [0.1, 0.15) is 44.1 Å². The first-order chi connectivity index (χ1) is 16.3. The Labute approximate surface area is 194 Å². The maximum Gasteiger partial charge on any atom is 0.250 e. The number of rotatable bonds is 8. The lowest BCUT2D eigenvalue weighted by atomic mass is 10.1. The van der Waals surface area contributed by atoms with Gasteiger partial charge in [0.15, 0.2) is 18.1 Å². The summed E-state index contributed by atoms with van der Waals surface area (Å²) in [5.74, 6) is 2.91. The van der Waals surface area contributed by atoms with Gasteiger partial charge in [-0.1, -0.05) is 0 Å². The van der Waals surface area contributed by atoms with Gasteiger partial charge in [0.05, 0.1) is 13.3 Å². The van der Waals surface area contributed by atoms with Crippen molar-refractivity contribution in [2.24, 2.45) is 5.10 Å². The molecule has 2 fully saturated rings. The molecule has 0 bridgehead atoms. The zero-order valence-corrected chi connectivity index (χ0v) is 19.0.